The Balaban J connectivity index is 1.92. The highest BCUT2D eigenvalue weighted by molar-refractivity contribution is 5.80. The zero-order chi connectivity index (χ0) is 15.2. The van der Waals surface area contributed by atoms with Crippen molar-refractivity contribution < 1.29 is 4.42 Å². The number of guanidine groups is 1. The van der Waals surface area contributed by atoms with Crippen LogP contribution in [-0.2, 0) is 0 Å². The van der Waals surface area contributed by atoms with Crippen LogP contribution in [-0.4, -0.2) is 56.5 Å². The number of likely N-dealkylation sites (N-methyl/N-ethyl adjacent to an activating group) is 1. The average molecular weight is 292 g/mol. The molecule has 5 heteroatoms. The van der Waals surface area contributed by atoms with Crippen molar-refractivity contribution in [1.29, 1.82) is 0 Å². The first-order valence-electron chi connectivity index (χ1n) is 7.77. The second-order valence-electron chi connectivity index (χ2n) is 6.09. The molecule has 21 heavy (non-hydrogen) atoms. The molecule has 118 valence electrons. The van der Waals surface area contributed by atoms with Crippen LogP contribution in [0.25, 0.3) is 0 Å². The molecule has 1 N–H and O–H groups in total. The summed E-state index contributed by atoms with van der Waals surface area (Å²) in [5, 5.41) is 3.50. The smallest absolute Gasteiger partial charge is 0.193 e. The van der Waals surface area contributed by atoms with E-state index in [1.54, 1.807) is 6.26 Å². The largest absolute Gasteiger partial charge is 0.468 e. The summed E-state index contributed by atoms with van der Waals surface area (Å²) in [4.78, 5) is 8.95. The average Bonchev–Trinajstić information content (AvgIpc) is 2.98. The Kier molecular flexibility index (Phi) is 5.67. The molecule has 0 aliphatic carbocycles. The van der Waals surface area contributed by atoms with E-state index >= 15 is 0 Å². The summed E-state index contributed by atoms with van der Waals surface area (Å²) in [6.07, 6.45) is 4.22. The number of rotatable bonds is 4. The van der Waals surface area contributed by atoms with Crippen LogP contribution in [0.4, 0.5) is 0 Å². The minimum absolute atomic E-state index is 0.209. The number of nitrogens with zero attached hydrogens (tertiary/aromatic N) is 3. The highest BCUT2D eigenvalue weighted by Crippen LogP contribution is 2.19. The summed E-state index contributed by atoms with van der Waals surface area (Å²) in [5.74, 6) is 2.81. The van der Waals surface area contributed by atoms with Crippen LogP contribution in [0.1, 0.15) is 31.6 Å². The molecule has 1 aromatic rings. The number of hydrogen-bond donors (Lipinski definition) is 1. The molecule has 1 saturated heterocycles. The minimum Gasteiger partial charge on any atom is -0.468 e. The van der Waals surface area contributed by atoms with Gasteiger partial charge in [-0.1, -0.05) is 6.92 Å². The third-order valence-corrected chi connectivity index (χ3v) is 4.24. The summed E-state index contributed by atoms with van der Waals surface area (Å²) in [6, 6.07) is 4.17. The van der Waals surface area contributed by atoms with Gasteiger partial charge in [0.2, 0.25) is 0 Å². The molecule has 1 atom stereocenters. The first-order valence-corrected chi connectivity index (χ1v) is 7.77. The van der Waals surface area contributed by atoms with Crippen molar-refractivity contribution in [2.45, 2.75) is 25.8 Å². The van der Waals surface area contributed by atoms with E-state index < -0.39 is 0 Å². The normalized spacial score (nSPS) is 19.1. The van der Waals surface area contributed by atoms with Crippen LogP contribution in [0.2, 0.25) is 0 Å². The highest BCUT2D eigenvalue weighted by atomic mass is 16.3. The van der Waals surface area contributed by atoms with Crippen molar-refractivity contribution in [2.24, 2.45) is 10.9 Å². The molecule has 5 nitrogen and oxygen atoms in total. The Morgan fingerprint density at radius 2 is 2.19 bits per heavy atom. The second-order valence-corrected chi connectivity index (χ2v) is 6.09. The molecule has 0 spiro atoms. The molecular weight excluding hydrogens is 264 g/mol. The van der Waals surface area contributed by atoms with E-state index in [1.165, 1.54) is 12.8 Å². The van der Waals surface area contributed by atoms with Gasteiger partial charge in [0.15, 0.2) is 5.96 Å². The van der Waals surface area contributed by atoms with Crippen LogP contribution in [0.3, 0.4) is 0 Å². The molecule has 2 heterocycles. The highest BCUT2D eigenvalue weighted by Gasteiger charge is 2.21. The Morgan fingerprint density at radius 3 is 2.71 bits per heavy atom. The summed E-state index contributed by atoms with van der Waals surface area (Å²) in [6.45, 7) is 5.30. The third kappa shape index (κ3) is 4.24. The molecule has 0 amide bonds. The Labute approximate surface area is 128 Å². The zero-order valence-corrected chi connectivity index (χ0v) is 13.7. The number of nitrogens with one attached hydrogen (secondary N) is 1. The van der Waals surface area contributed by atoms with Gasteiger partial charge < -0.3 is 14.6 Å². The summed E-state index contributed by atoms with van der Waals surface area (Å²) < 4.78 is 5.55. The molecule has 1 aliphatic rings. The van der Waals surface area contributed by atoms with Gasteiger partial charge in [-0.05, 0) is 45.0 Å². The van der Waals surface area contributed by atoms with Gasteiger partial charge in [0.25, 0.3) is 0 Å². The lowest BCUT2D eigenvalue weighted by Gasteiger charge is -2.34. The van der Waals surface area contributed by atoms with Crippen LogP contribution in [0, 0.1) is 5.92 Å². The first-order chi connectivity index (χ1) is 10.1. The number of aliphatic imine (C=N–C) groups is 1. The quantitative estimate of drug-likeness (QED) is 0.682. The standard InChI is InChI=1S/C16H28N4O/c1-13-7-9-20(10-8-13)16(17-2)18-12-14(19(3)4)15-6-5-11-21-15/h5-6,11,13-14H,7-10,12H2,1-4H3,(H,17,18). The van der Waals surface area contributed by atoms with Gasteiger partial charge in [-0.3, -0.25) is 9.89 Å². The maximum Gasteiger partial charge on any atom is 0.193 e. The van der Waals surface area contributed by atoms with Gasteiger partial charge in [-0.2, -0.15) is 0 Å². The van der Waals surface area contributed by atoms with Gasteiger partial charge in [-0.15, -0.1) is 0 Å². The van der Waals surface area contributed by atoms with E-state index in [0.717, 1.165) is 37.3 Å². The molecule has 0 aromatic carbocycles. The summed E-state index contributed by atoms with van der Waals surface area (Å²) >= 11 is 0. The van der Waals surface area contributed by atoms with Crippen molar-refractivity contribution in [3.05, 3.63) is 24.2 Å². The van der Waals surface area contributed by atoms with E-state index in [2.05, 4.69) is 41.1 Å². The topological polar surface area (TPSA) is 44.0 Å². The molecular formula is C16H28N4O. The van der Waals surface area contributed by atoms with Crippen molar-refractivity contribution >= 4 is 5.96 Å². The Bertz CT molecular complexity index is 433. The fourth-order valence-electron chi connectivity index (χ4n) is 2.76. The molecule has 1 unspecified atom stereocenters. The first kappa shape index (κ1) is 15.9. The minimum atomic E-state index is 0.209. The molecule has 1 fully saturated rings. The van der Waals surface area contributed by atoms with Crippen molar-refractivity contribution in [2.75, 3.05) is 40.8 Å². The van der Waals surface area contributed by atoms with E-state index in [4.69, 9.17) is 4.42 Å². The summed E-state index contributed by atoms with van der Waals surface area (Å²) in [5.41, 5.74) is 0. The molecule has 1 aromatic heterocycles. The van der Waals surface area contributed by atoms with Crippen LogP contribution in [0.5, 0.6) is 0 Å². The lowest BCUT2D eigenvalue weighted by Crippen LogP contribution is -2.47. The van der Waals surface area contributed by atoms with Gasteiger partial charge in [0.1, 0.15) is 5.76 Å². The van der Waals surface area contributed by atoms with E-state index in [9.17, 15) is 0 Å². The van der Waals surface area contributed by atoms with E-state index in [0.29, 0.717) is 0 Å². The van der Waals surface area contributed by atoms with Crippen molar-refractivity contribution in [3.63, 3.8) is 0 Å². The fourth-order valence-corrected chi connectivity index (χ4v) is 2.76. The number of likely N-dealkylation sites (tertiary alicyclic amines) is 1. The lowest BCUT2D eigenvalue weighted by atomic mass is 9.99. The predicted octanol–water partition coefficient (Wildman–Crippen LogP) is 2.19. The molecule has 0 bridgehead atoms. The third-order valence-electron chi connectivity index (χ3n) is 4.24. The van der Waals surface area contributed by atoms with Crippen LogP contribution < -0.4 is 5.32 Å². The van der Waals surface area contributed by atoms with Gasteiger partial charge in [-0.25, -0.2) is 0 Å². The zero-order valence-electron chi connectivity index (χ0n) is 13.7. The van der Waals surface area contributed by atoms with Crippen LogP contribution in [0.15, 0.2) is 27.8 Å². The van der Waals surface area contributed by atoms with Crippen LogP contribution >= 0.6 is 0 Å². The number of hydrogen-bond acceptors (Lipinski definition) is 3. The Morgan fingerprint density at radius 1 is 1.48 bits per heavy atom. The molecule has 0 radical (unpaired) electrons. The van der Waals surface area contributed by atoms with Gasteiger partial charge in [0.05, 0.1) is 12.3 Å². The number of piperidine rings is 1. The SMILES string of the molecule is CN=C(NCC(c1ccco1)N(C)C)N1CCC(C)CC1. The van der Waals surface area contributed by atoms with Crippen molar-refractivity contribution in [1.82, 2.24) is 15.1 Å². The van der Waals surface area contributed by atoms with E-state index in [1.807, 2.05) is 19.2 Å². The molecule has 2 rings (SSSR count). The molecule has 0 saturated carbocycles. The number of furan rings is 1. The van der Waals surface area contributed by atoms with E-state index in [-0.39, 0.29) is 6.04 Å². The maximum atomic E-state index is 5.55. The van der Waals surface area contributed by atoms with Crippen molar-refractivity contribution in [3.8, 4) is 0 Å². The lowest BCUT2D eigenvalue weighted by molar-refractivity contribution is 0.247. The fraction of sp³-hybridized carbons (Fsp3) is 0.688. The predicted molar refractivity (Wildman–Crippen MR) is 86.5 cm³/mol. The van der Waals surface area contributed by atoms with Gasteiger partial charge in [0, 0.05) is 26.7 Å². The Hall–Kier alpha value is -1.49. The molecule has 1 aliphatic heterocycles. The monoisotopic (exact) mass is 292 g/mol. The maximum absolute atomic E-state index is 5.55. The summed E-state index contributed by atoms with van der Waals surface area (Å²) in [7, 11) is 6.00. The second kappa shape index (κ2) is 7.50. The van der Waals surface area contributed by atoms with Gasteiger partial charge >= 0.3 is 0 Å².